The molecule has 0 saturated heterocycles. The van der Waals surface area contributed by atoms with Crippen molar-refractivity contribution in [2.24, 2.45) is 0 Å². The van der Waals surface area contributed by atoms with Crippen molar-refractivity contribution >= 4 is 23.3 Å². The maximum atomic E-state index is 11.9. The molecule has 188 valence electrons. The number of hydrogen-bond acceptors (Lipinski definition) is 6. The van der Waals surface area contributed by atoms with Gasteiger partial charge in [-0.05, 0) is 71.8 Å². The van der Waals surface area contributed by atoms with Crippen LogP contribution in [0.3, 0.4) is 0 Å². The van der Waals surface area contributed by atoms with E-state index in [1.807, 2.05) is 13.8 Å². The molecule has 0 heterocycles. The van der Waals surface area contributed by atoms with Gasteiger partial charge in [-0.2, -0.15) is 0 Å². The second kappa shape index (κ2) is 9.94. The third-order valence-corrected chi connectivity index (χ3v) is 6.04. The summed E-state index contributed by atoms with van der Waals surface area (Å²) in [5.41, 5.74) is 13.1. The number of rotatable bonds is 8. The average molecular weight is 499 g/mol. The lowest BCUT2D eigenvalue weighted by Crippen LogP contribution is -2.20. The van der Waals surface area contributed by atoms with Crippen LogP contribution in [0, 0.1) is 0 Å². The molecular weight excluding hydrogens is 472 g/mol. The lowest BCUT2D eigenvalue weighted by atomic mass is 9.77. The average Bonchev–Trinajstić information content (AvgIpc) is 2.86. The molecular formula is C29H26N2O6. The first-order valence-corrected chi connectivity index (χ1v) is 11.4. The van der Waals surface area contributed by atoms with Gasteiger partial charge in [-0.25, -0.2) is 9.59 Å². The van der Waals surface area contributed by atoms with Crippen LogP contribution in [-0.4, -0.2) is 22.2 Å². The summed E-state index contributed by atoms with van der Waals surface area (Å²) in [5.74, 6) is -0.930. The summed E-state index contributed by atoms with van der Waals surface area (Å²) in [6, 6.07) is 23.1. The number of nitrogen functional groups attached to an aromatic ring is 2. The van der Waals surface area contributed by atoms with Gasteiger partial charge in [0.25, 0.3) is 0 Å². The van der Waals surface area contributed by atoms with Crippen molar-refractivity contribution in [1.29, 1.82) is 0 Å². The SMILES string of the molecule is CC(C)(c1cc(Oc2ccccc2N)cc(C(=O)O)c1)c1cc(Oc2ccccc2N)cc(C(=O)O)c1. The van der Waals surface area contributed by atoms with Crippen molar-refractivity contribution in [3.63, 3.8) is 0 Å². The summed E-state index contributed by atoms with van der Waals surface area (Å²) in [7, 11) is 0. The monoisotopic (exact) mass is 498 g/mol. The molecule has 0 aliphatic heterocycles. The topological polar surface area (TPSA) is 145 Å². The molecule has 8 nitrogen and oxygen atoms in total. The first kappa shape index (κ1) is 25.1. The van der Waals surface area contributed by atoms with Gasteiger partial charge in [0.15, 0.2) is 0 Å². The number of nitrogens with two attached hydrogens (primary N) is 2. The minimum absolute atomic E-state index is 0.0120. The fraction of sp³-hybridized carbons (Fsp3) is 0.103. The molecule has 8 heteroatoms. The largest absolute Gasteiger partial charge is 0.478 e. The number of benzene rings is 4. The molecule has 4 aromatic carbocycles. The Hall–Kier alpha value is -4.98. The van der Waals surface area contributed by atoms with E-state index in [4.69, 9.17) is 20.9 Å². The molecule has 4 aromatic rings. The van der Waals surface area contributed by atoms with Crippen molar-refractivity contribution in [3.8, 4) is 23.0 Å². The lowest BCUT2D eigenvalue weighted by Gasteiger charge is -2.28. The molecule has 4 rings (SSSR count). The Labute approximate surface area is 213 Å². The van der Waals surface area contributed by atoms with Crippen LogP contribution < -0.4 is 20.9 Å². The van der Waals surface area contributed by atoms with Gasteiger partial charge in [0.1, 0.15) is 23.0 Å². The zero-order valence-electron chi connectivity index (χ0n) is 20.3. The summed E-state index contributed by atoms with van der Waals surface area (Å²) in [5, 5.41) is 19.5. The van der Waals surface area contributed by atoms with E-state index in [-0.39, 0.29) is 22.6 Å². The smallest absolute Gasteiger partial charge is 0.335 e. The molecule has 37 heavy (non-hydrogen) atoms. The minimum Gasteiger partial charge on any atom is -0.478 e. The second-order valence-electron chi connectivity index (χ2n) is 9.01. The maximum absolute atomic E-state index is 11.9. The van der Waals surface area contributed by atoms with Crippen LogP contribution in [0.25, 0.3) is 0 Å². The van der Waals surface area contributed by atoms with Crippen LogP contribution in [0.5, 0.6) is 23.0 Å². The number of aromatic carboxylic acids is 2. The maximum Gasteiger partial charge on any atom is 0.335 e. The summed E-state index contributed by atoms with van der Waals surface area (Å²) in [6.07, 6.45) is 0. The van der Waals surface area contributed by atoms with E-state index in [0.717, 1.165) is 0 Å². The predicted molar refractivity (Wildman–Crippen MR) is 141 cm³/mol. The highest BCUT2D eigenvalue weighted by Crippen LogP contribution is 2.39. The third kappa shape index (κ3) is 5.48. The quantitative estimate of drug-likeness (QED) is 0.211. The first-order chi connectivity index (χ1) is 17.5. The van der Waals surface area contributed by atoms with E-state index in [9.17, 15) is 19.8 Å². The Morgan fingerprint density at radius 3 is 1.38 bits per heavy atom. The molecule has 6 N–H and O–H groups in total. The first-order valence-electron chi connectivity index (χ1n) is 11.4. The molecule has 0 unspecified atom stereocenters. The standard InChI is InChI=1S/C29H26N2O6/c1-29(2,19-11-17(27(32)33)13-21(15-19)36-25-9-5-3-7-23(25)30)20-12-18(28(34)35)14-22(16-20)37-26-10-6-4-8-24(26)31/h3-16H,30-31H2,1-2H3,(H,32,33)(H,34,35). The van der Waals surface area contributed by atoms with E-state index < -0.39 is 17.4 Å². The summed E-state index contributed by atoms with van der Waals surface area (Å²) in [6.45, 7) is 3.71. The van der Waals surface area contributed by atoms with Gasteiger partial charge in [-0.1, -0.05) is 38.1 Å². The number of hydrogen-bond donors (Lipinski definition) is 4. The van der Waals surface area contributed by atoms with Crippen LogP contribution in [0.15, 0.2) is 84.9 Å². The fourth-order valence-corrected chi connectivity index (χ4v) is 3.85. The van der Waals surface area contributed by atoms with Gasteiger partial charge < -0.3 is 31.2 Å². The van der Waals surface area contributed by atoms with Gasteiger partial charge in [-0.3, -0.25) is 0 Å². The third-order valence-electron chi connectivity index (χ3n) is 6.04. The number of carboxylic acids is 2. The Morgan fingerprint density at radius 1 is 0.649 bits per heavy atom. The Balaban J connectivity index is 1.80. The zero-order chi connectivity index (χ0) is 26.7. The number of carbonyl (C=O) groups is 2. The predicted octanol–water partition coefficient (Wildman–Crippen LogP) is 6.16. The van der Waals surface area contributed by atoms with Crippen molar-refractivity contribution in [1.82, 2.24) is 0 Å². The Morgan fingerprint density at radius 2 is 1.03 bits per heavy atom. The minimum atomic E-state index is -1.13. The number of carboxylic acid groups (broad SMARTS) is 2. The summed E-state index contributed by atoms with van der Waals surface area (Å²) in [4.78, 5) is 23.9. The Kier molecular flexibility index (Phi) is 6.75. The summed E-state index contributed by atoms with van der Waals surface area (Å²) < 4.78 is 11.9. The molecule has 0 amide bonds. The number of anilines is 2. The van der Waals surface area contributed by atoms with E-state index in [2.05, 4.69) is 0 Å². The van der Waals surface area contributed by atoms with Crippen molar-refractivity contribution in [2.75, 3.05) is 11.5 Å². The molecule has 0 aliphatic rings. The van der Waals surface area contributed by atoms with Crippen LogP contribution >= 0.6 is 0 Å². The highest BCUT2D eigenvalue weighted by Gasteiger charge is 2.28. The molecule has 0 spiro atoms. The second-order valence-corrected chi connectivity index (χ2v) is 9.01. The van der Waals surface area contributed by atoms with Gasteiger partial charge >= 0.3 is 11.9 Å². The van der Waals surface area contributed by atoms with Crippen molar-refractivity contribution in [2.45, 2.75) is 19.3 Å². The van der Waals surface area contributed by atoms with Gasteiger partial charge in [-0.15, -0.1) is 0 Å². The molecule has 0 bridgehead atoms. The Bertz CT molecular complexity index is 1380. The van der Waals surface area contributed by atoms with Gasteiger partial charge in [0, 0.05) is 5.41 Å². The van der Waals surface area contributed by atoms with Crippen molar-refractivity contribution in [3.05, 3.63) is 107 Å². The van der Waals surface area contributed by atoms with Crippen LogP contribution in [0.4, 0.5) is 11.4 Å². The van der Waals surface area contributed by atoms with E-state index in [1.165, 1.54) is 24.3 Å². The number of para-hydroxylation sites is 4. The van der Waals surface area contributed by atoms with Crippen molar-refractivity contribution < 1.29 is 29.3 Å². The molecule has 0 fully saturated rings. The van der Waals surface area contributed by atoms with E-state index in [1.54, 1.807) is 60.7 Å². The zero-order valence-corrected chi connectivity index (χ0v) is 20.3. The molecule has 0 atom stereocenters. The number of ether oxygens (including phenoxy) is 2. The van der Waals surface area contributed by atoms with Gasteiger partial charge in [0.05, 0.1) is 22.5 Å². The van der Waals surface area contributed by atoms with Crippen LogP contribution in [-0.2, 0) is 5.41 Å². The fourth-order valence-electron chi connectivity index (χ4n) is 3.85. The van der Waals surface area contributed by atoms with Crippen LogP contribution in [0.1, 0.15) is 45.7 Å². The lowest BCUT2D eigenvalue weighted by molar-refractivity contribution is 0.0686. The summed E-state index contributed by atoms with van der Waals surface area (Å²) >= 11 is 0. The van der Waals surface area contributed by atoms with E-state index >= 15 is 0 Å². The van der Waals surface area contributed by atoms with E-state index in [0.29, 0.717) is 34.0 Å². The van der Waals surface area contributed by atoms with Crippen LogP contribution in [0.2, 0.25) is 0 Å². The van der Waals surface area contributed by atoms with Gasteiger partial charge in [0.2, 0.25) is 0 Å². The highest BCUT2D eigenvalue weighted by atomic mass is 16.5. The molecule has 0 aromatic heterocycles. The highest BCUT2D eigenvalue weighted by molar-refractivity contribution is 5.89. The molecule has 0 radical (unpaired) electrons. The normalized spacial score (nSPS) is 11.1. The molecule has 0 saturated carbocycles. The molecule has 0 aliphatic carbocycles.